The van der Waals surface area contributed by atoms with Gasteiger partial charge in [-0.15, -0.1) is 0 Å². The fourth-order valence-corrected chi connectivity index (χ4v) is 3.67. The zero-order chi connectivity index (χ0) is 14.2. The van der Waals surface area contributed by atoms with E-state index < -0.39 is 0 Å². The van der Waals surface area contributed by atoms with Gasteiger partial charge in [-0.25, -0.2) is 4.98 Å². The van der Waals surface area contributed by atoms with Gasteiger partial charge in [-0.05, 0) is 54.5 Å². The molecule has 21 heavy (non-hydrogen) atoms. The minimum atomic E-state index is -0.299. The second-order valence-electron chi connectivity index (χ2n) is 6.00. The van der Waals surface area contributed by atoms with E-state index in [1.165, 1.54) is 29.5 Å². The molecule has 1 fully saturated rings. The predicted octanol–water partition coefficient (Wildman–Crippen LogP) is 3.33. The van der Waals surface area contributed by atoms with Gasteiger partial charge in [0, 0.05) is 24.8 Å². The summed E-state index contributed by atoms with van der Waals surface area (Å²) in [7, 11) is 0. The molecule has 1 aromatic heterocycles. The van der Waals surface area contributed by atoms with Crippen LogP contribution < -0.4 is 4.90 Å². The summed E-state index contributed by atoms with van der Waals surface area (Å²) in [6, 6.07) is 10.5. The van der Waals surface area contributed by atoms with Crippen LogP contribution in [0.3, 0.4) is 0 Å². The van der Waals surface area contributed by atoms with Crippen molar-refractivity contribution in [3.63, 3.8) is 0 Å². The Kier molecular flexibility index (Phi) is 3.15. The molecule has 1 atom stereocenters. The lowest BCUT2D eigenvalue weighted by molar-refractivity contribution is 0.180. The molecule has 2 heterocycles. The summed E-state index contributed by atoms with van der Waals surface area (Å²) in [5.41, 5.74) is 4.87. The molecule has 3 heteroatoms. The molecule has 1 aromatic carbocycles. The van der Waals surface area contributed by atoms with Crippen molar-refractivity contribution >= 4 is 5.82 Å². The number of rotatable bonds is 2. The quantitative estimate of drug-likeness (QED) is 0.916. The van der Waals surface area contributed by atoms with E-state index in [0.29, 0.717) is 0 Å². The molecule has 0 spiro atoms. The van der Waals surface area contributed by atoms with Crippen LogP contribution in [0.15, 0.2) is 36.5 Å². The lowest BCUT2D eigenvalue weighted by Crippen LogP contribution is -2.19. The Labute approximate surface area is 125 Å². The number of pyridine rings is 1. The Morgan fingerprint density at radius 2 is 1.86 bits per heavy atom. The molecule has 0 amide bonds. The summed E-state index contributed by atoms with van der Waals surface area (Å²) in [6.07, 6.45) is 5.89. The largest absolute Gasteiger partial charge is 0.388 e. The molecule has 2 aliphatic rings. The van der Waals surface area contributed by atoms with Crippen molar-refractivity contribution in [1.29, 1.82) is 0 Å². The third-order valence-corrected chi connectivity index (χ3v) is 4.72. The summed E-state index contributed by atoms with van der Waals surface area (Å²) in [4.78, 5) is 7.03. The Morgan fingerprint density at radius 1 is 1.05 bits per heavy atom. The van der Waals surface area contributed by atoms with Crippen LogP contribution in [0.5, 0.6) is 0 Å². The van der Waals surface area contributed by atoms with Crippen LogP contribution in [0.2, 0.25) is 0 Å². The van der Waals surface area contributed by atoms with Crippen molar-refractivity contribution in [3.8, 4) is 11.1 Å². The minimum absolute atomic E-state index is 0.299. The second-order valence-corrected chi connectivity index (χ2v) is 6.00. The summed E-state index contributed by atoms with van der Waals surface area (Å²) in [6.45, 7) is 2.20. The van der Waals surface area contributed by atoms with Crippen LogP contribution in [-0.2, 0) is 6.42 Å². The zero-order valence-electron chi connectivity index (χ0n) is 12.1. The van der Waals surface area contributed by atoms with Gasteiger partial charge in [0.15, 0.2) is 0 Å². The van der Waals surface area contributed by atoms with Crippen molar-refractivity contribution in [3.05, 3.63) is 47.7 Å². The minimum Gasteiger partial charge on any atom is -0.388 e. The predicted molar refractivity (Wildman–Crippen MR) is 84.4 cm³/mol. The van der Waals surface area contributed by atoms with Gasteiger partial charge >= 0.3 is 0 Å². The summed E-state index contributed by atoms with van der Waals surface area (Å²) in [5.74, 6) is 1.10. The van der Waals surface area contributed by atoms with Gasteiger partial charge in [-0.2, -0.15) is 0 Å². The fourth-order valence-electron chi connectivity index (χ4n) is 3.67. The van der Waals surface area contributed by atoms with Crippen molar-refractivity contribution < 1.29 is 5.11 Å². The normalized spacial score (nSPS) is 20.8. The van der Waals surface area contributed by atoms with Gasteiger partial charge in [-0.1, -0.05) is 18.2 Å². The van der Waals surface area contributed by atoms with Crippen molar-refractivity contribution in [2.24, 2.45) is 0 Å². The van der Waals surface area contributed by atoms with Crippen LogP contribution >= 0.6 is 0 Å². The van der Waals surface area contributed by atoms with Gasteiger partial charge in [-0.3, -0.25) is 0 Å². The van der Waals surface area contributed by atoms with E-state index in [1.54, 1.807) is 0 Å². The Bertz CT molecular complexity index is 662. The average Bonchev–Trinajstić information content (AvgIpc) is 3.18. The molecule has 0 unspecified atom stereocenters. The fraction of sp³-hybridized carbons (Fsp3) is 0.389. The van der Waals surface area contributed by atoms with E-state index in [-0.39, 0.29) is 6.10 Å². The number of aliphatic hydroxyl groups excluding tert-OH is 1. The molecule has 3 nitrogen and oxygen atoms in total. The zero-order valence-corrected chi connectivity index (χ0v) is 12.1. The SMILES string of the molecule is O[C@H]1CCc2c(-c3cccnc3N3CCCC3)cccc21. The van der Waals surface area contributed by atoms with Gasteiger partial charge in [0.25, 0.3) is 0 Å². The van der Waals surface area contributed by atoms with Crippen LogP contribution in [0, 0.1) is 0 Å². The highest BCUT2D eigenvalue weighted by atomic mass is 16.3. The van der Waals surface area contributed by atoms with E-state index in [0.717, 1.165) is 37.3 Å². The van der Waals surface area contributed by atoms with Gasteiger partial charge < -0.3 is 10.0 Å². The van der Waals surface area contributed by atoms with Crippen LogP contribution in [0.1, 0.15) is 36.5 Å². The Balaban J connectivity index is 1.85. The third kappa shape index (κ3) is 2.12. The number of anilines is 1. The average molecular weight is 280 g/mol. The van der Waals surface area contributed by atoms with Gasteiger partial charge in [0.2, 0.25) is 0 Å². The first kappa shape index (κ1) is 12.8. The molecule has 108 valence electrons. The summed E-state index contributed by atoms with van der Waals surface area (Å²) < 4.78 is 0. The lowest BCUT2D eigenvalue weighted by atomic mass is 9.97. The number of fused-ring (bicyclic) bond motifs is 1. The first-order valence-corrected chi connectivity index (χ1v) is 7.85. The van der Waals surface area contributed by atoms with Crippen molar-refractivity contribution in [1.82, 2.24) is 4.98 Å². The molecule has 0 saturated carbocycles. The molecule has 0 radical (unpaired) electrons. The van der Waals surface area contributed by atoms with E-state index in [4.69, 9.17) is 0 Å². The van der Waals surface area contributed by atoms with E-state index in [1.807, 2.05) is 12.3 Å². The number of hydrogen-bond donors (Lipinski definition) is 1. The molecule has 1 N–H and O–H groups in total. The topological polar surface area (TPSA) is 36.4 Å². The van der Waals surface area contributed by atoms with E-state index in [2.05, 4.69) is 34.1 Å². The summed E-state index contributed by atoms with van der Waals surface area (Å²) >= 11 is 0. The lowest BCUT2D eigenvalue weighted by Gasteiger charge is -2.21. The molecular weight excluding hydrogens is 260 g/mol. The van der Waals surface area contributed by atoms with Crippen LogP contribution in [-0.4, -0.2) is 23.2 Å². The first-order chi connectivity index (χ1) is 10.3. The molecule has 1 saturated heterocycles. The van der Waals surface area contributed by atoms with Gasteiger partial charge in [0.1, 0.15) is 5.82 Å². The maximum atomic E-state index is 10.1. The monoisotopic (exact) mass is 280 g/mol. The highest BCUT2D eigenvalue weighted by Gasteiger charge is 2.25. The number of nitrogens with zero attached hydrogens (tertiary/aromatic N) is 2. The second kappa shape index (κ2) is 5.15. The molecule has 1 aliphatic heterocycles. The molecular formula is C18H20N2O. The number of hydrogen-bond acceptors (Lipinski definition) is 3. The van der Waals surface area contributed by atoms with Crippen molar-refractivity contribution in [2.75, 3.05) is 18.0 Å². The smallest absolute Gasteiger partial charge is 0.136 e. The maximum Gasteiger partial charge on any atom is 0.136 e. The number of aromatic nitrogens is 1. The van der Waals surface area contributed by atoms with Crippen LogP contribution in [0.25, 0.3) is 11.1 Å². The van der Waals surface area contributed by atoms with Crippen molar-refractivity contribution in [2.45, 2.75) is 31.8 Å². The van der Waals surface area contributed by atoms with Gasteiger partial charge in [0.05, 0.1) is 6.10 Å². The first-order valence-electron chi connectivity index (χ1n) is 7.85. The maximum absolute atomic E-state index is 10.1. The van der Waals surface area contributed by atoms with E-state index in [9.17, 15) is 5.11 Å². The Morgan fingerprint density at radius 3 is 2.71 bits per heavy atom. The summed E-state index contributed by atoms with van der Waals surface area (Å²) in [5, 5.41) is 10.1. The molecule has 0 bridgehead atoms. The molecule has 2 aromatic rings. The Hall–Kier alpha value is -1.87. The standard InChI is InChI=1S/C18H20N2O/c21-17-9-8-14-13(5-3-6-15(14)17)16-7-4-10-19-18(16)20-11-1-2-12-20/h3-7,10,17,21H,1-2,8-9,11-12H2/t17-/m0/s1. The third-order valence-electron chi connectivity index (χ3n) is 4.72. The van der Waals surface area contributed by atoms with E-state index >= 15 is 0 Å². The highest BCUT2D eigenvalue weighted by Crippen LogP contribution is 2.40. The van der Waals surface area contributed by atoms with Crippen LogP contribution in [0.4, 0.5) is 5.82 Å². The number of benzene rings is 1. The number of aliphatic hydroxyl groups is 1. The molecule has 1 aliphatic carbocycles. The highest BCUT2D eigenvalue weighted by molar-refractivity contribution is 5.79. The molecule has 4 rings (SSSR count).